The molecular formula is C15H18O2. The maximum Gasteiger partial charge on any atom is 0.133 e. The summed E-state index contributed by atoms with van der Waals surface area (Å²) in [6.07, 6.45) is 7.51. The van der Waals surface area contributed by atoms with Crippen LogP contribution in [0.2, 0.25) is 0 Å². The Kier molecular flexibility index (Phi) is 4.37. The normalized spacial score (nSPS) is 16.1. The number of carbonyl (C=O) groups is 1. The summed E-state index contributed by atoms with van der Waals surface area (Å²) in [6.45, 7) is 0.624. The van der Waals surface area contributed by atoms with E-state index in [1.165, 1.54) is 5.56 Å². The maximum atomic E-state index is 10.8. The predicted molar refractivity (Wildman–Crippen MR) is 67.3 cm³/mol. The zero-order valence-electron chi connectivity index (χ0n) is 9.97. The molecule has 0 saturated heterocycles. The van der Waals surface area contributed by atoms with E-state index in [-0.39, 0.29) is 0 Å². The first-order chi connectivity index (χ1) is 8.34. The molecule has 2 heteroatoms. The predicted octanol–water partition coefficient (Wildman–Crippen LogP) is 3.48. The molecule has 2 rings (SSSR count). The third-order valence-electron chi connectivity index (χ3n) is 3.06. The van der Waals surface area contributed by atoms with E-state index in [1.807, 2.05) is 36.4 Å². The molecule has 0 radical (unpaired) electrons. The van der Waals surface area contributed by atoms with Crippen molar-refractivity contribution < 1.29 is 9.53 Å². The Bertz CT molecular complexity index is 373. The second-order valence-electron chi connectivity index (χ2n) is 4.56. The van der Waals surface area contributed by atoms with Gasteiger partial charge in [0.2, 0.25) is 0 Å². The fraction of sp³-hybridized carbons (Fsp3) is 0.400. The molecule has 0 N–H and O–H groups in total. The number of ether oxygens (including phenoxy) is 1. The van der Waals surface area contributed by atoms with E-state index in [2.05, 4.69) is 0 Å². The van der Waals surface area contributed by atoms with Gasteiger partial charge in [0, 0.05) is 12.8 Å². The van der Waals surface area contributed by atoms with E-state index in [0.717, 1.165) is 25.7 Å². The summed E-state index contributed by atoms with van der Waals surface area (Å²) in [5, 5.41) is 0. The van der Waals surface area contributed by atoms with E-state index in [1.54, 1.807) is 6.26 Å². The Hall–Kier alpha value is -1.57. The fourth-order valence-electron chi connectivity index (χ4n) is 1.97. The maximum absolute atomic E-state index is 10.8. The molecule has 1 saturated carbocycles. The second kappa shape index (κ2) is 6.24. The Morgan fingerprint density at radius 3 is 2.71 bits per heavy atom. The van der Waals surface area contributed by atoms with Crippen molar-refractivity contribution in [3.63, 3.8) is 0 Å². The van der Waals surface area contributed by atoms with E-state index < -0.39 is 0 Å². The molecule has 17 heavy (non-hydrogen) atoms. The van der Waals surface area contributed by atoms with Crippen molar-refractivity contribution in [3.8, 4) is 0 Å². The molecule has 1 aromatic carbocycles. The minimum atomic E-state index is 0.416. The lowest BCUT2D eigenvalue weighted by Crippen LogP contribution is -2.22. The molecule has 0 amide bonds. The first-order valence-electron chi connectivity index (χ1n) is 6.17. The van der Waals surface area contributed by atoms with Gasteiger partial charge in [-0.15, -0.1) is 0 Å². The molecule has 2 nitrogen and oxygen atoms in total. The highest BCUT2D eigenvalue weighted by atomic mass is 16.5. The van der Waals surface area contributed by atoms with Gasteiger partial charge in [0.15, 0.2) is 0 Å². The van der Waals surface area contributed by atoms with Crippen molar-refractivity contribution in [1.29, 1.82) is 0 Å². The van der Waals surface area contributed by atoms with Gasteiger partial charge in [-0.25, -0.2) is 0 Å². The van der Waals surface area contributed by atoms with Gasteiger partial charge in [0.25, 0.3) is 0 Å². The summed E-state index contributed by atoms with van der Waals surface area (Å²) >= 11 is 0. The van der Waals surface area contributed by atoms with Gasteiger partial charge in [-0.3, -0.25) is 4.79 Å². The van der Waals surface area contributed by atoms with Crippen LogP contribution in [0.15, 0.2) is 42.7 Å². The summed E-state index contributed by atoms with van der Waals surface area (Å²) < 4.78 is 5.43. The lowest BCUT2D eigenvalue weighted by atomic mass is 9.81. The topological polar surface area (TPSA) is 26.3 Å². The molecular weight excluding hydrogens is 212 g/mol. The fourth-order valence-corrected chi connectivity index (χ4v) is 1.97. The Morgan fingerprint density at radius 2 is 2.00 bits per heavy atom. The zero-order chi connectivity index (χ0) is 11.9. The average Bonchev–Trinajstić information content (AvgIpc) is 2.32. The van der Waals surface area contributed by atoms with Crippen LogP contribution in [0.25, 0.3) is 0 Å². The van der Waals surface area contributed by atoms with Gasteiger partial charge in [0.1, 0.15) is 12.4 Å². The number of allylic oxidation sites excluding steroid dienone is 1. The number of hydrogen-bond donors (Lipinski definition) is 0. The van der Waals surface area contributed by atoms with Gasteiger partial charge >= 0.3 is 0 Å². The molecule has 0 unspecified atom stereocenters. The summed E-state index contributed by atoms with van der Waals surface area (Å²) in [4.78, 5) is 10.8. The standard InChI is InChI=1S/C15H18O2/c16-15-10-14(11-15)8-4-5-9-17-12-13-6-2-1-3-7-13/h1-3,5-7,9,14H,4,8,10-12H2/b9-5-. The summed E-state index contributed by atoms with van der Waals surface area (Å²) in [7, 11) is 0. The van der Waals surface area contributed by atoms with Crippen LogP contribution in [0.1, 0.15) is 31.2 Å². The first-order valence-corrected chi connectivity index (χ1v) is 6.17. The highest BCUT2D eigenvalue weighted by molar-refractivity contribution is 5.84. The second-order valence-corrected chi connectivity index (χ2v) is 4.56. The van der Waals surface area contributed by atoms with Crippen molar-refractivity contribution in [2.45, 2.75) is 32.3 Å². The molecule has 1 aromatic rings. The van der Waals surface area contributed by atoms with Crippen LogP contribution in [-0.2, 0) is 16.1 Å². The number of Topliss-reactive ketones (excluding diaryl/α,β-unsaturated/α-hetero) is 1. The lowest BCUT2D eigenvalue weighted by molar-refractivity contribution is -0.126. The number of benzene rings is 1. The molecule has 1 fully saturated rings. The first kappa shape index (κ1) is 11.9. The minimum Gasteiger partial charge on any atom is -0.497 e. The highest BCUT2D eigenvalue weighted by Gasteiger charge is 2.24. The van der Waals surface area contributed by atoms with Crippen LogP contribution in [0, 0.1) is 5.92 Å². The Labute approximate surface area is 102 Å². The van der Waals surface area contributed by atoms with Crippen molar-refractivity contribution in [2.24, 2.45) is 5.92 Å². The van der Waals surface area contributed by atoms with E-state index in [0.29, 0.717) is 18.3 Å². The van der Waals surface area contributed by atoms with Gasteiger partial charge in [-0.1, -0.05) is 30.3 Å². The van der Waals surface area contributed by atoms with Crippen LogP contribution in [0.4, 0.5) is 0 Å². The van der Waals surface area contributed by atoms with Crippen LogP contribution >= 0.6 is 0 Å². The van der Waals surface area contributed by atoms with Gasteiger partial charge in [-0.05, 0) is 30.4 Å². The zero-order valence-corrected chi connectivity index (χ0v) is 9.97. The van der Waals surface area contributed by atoms with Crippen LogP contribution < -0.4 is 0 Å². The van der Waals surface area contributed by atoms with E-state index in [4.69, 9.17) is 4.74 Å². The summed E-state index contributed by atoms with van der Waals surface area (Å²) in [5.41, 5.74) is 1.18. The van der Waals surface area contributed by atoms with Gasteiger partial charge < -0.3 is 4.74 Å². The van der Waals surface area contributed by atoms with Crippen molar-refractivity contribution in [3.05, 3.63) is 48.2 Å². The summed E-state index contributed by atoms with van der Waals surface area (Å²) in [5.74, 6) is 1.04. The molecule has 1 aliphatic rings. The summed E-state index contributed by atoms with van der Waals surface area (Å²) in [6, 6.07) is 10.1. The average molecular weight is 230 g/mol. The van der Waals surface area contributed by atoms with E-state index in [9.17, 15) is 4.79 Å². The van der Waals surface area contributed by atoms with Crippen molar-refractivity contribution in [1.82, 2.24) is 0 Å². The van der Waals surface area contributed by atoms with Gasteiger partial charge in [0.05, 0.1) is 6.26 Å². The molecule has 0 aromatic heterocycles. The van der Waals surface area contributed by atoms with Crippen LogP contribution in [-0.4, -0.2) is 5.78 Å². The number of ketones is 1. The highest BCUT2D eigenvalue weighted by Crippen LogP contribution is 2.27. The molecule has 0 spiro atoms. The minimum absolute atomic E-state index is 0.416. The Morgan fingerprint density at radius 1 is 1.24 bits per heavy atom. The molecule has 0 aliphatic heterocycles. The third-order valence-corrected chi connectivity index (χ3v) is 3.06. The number of carbonyl (C=O) groups excluding carboxylic acids is 1. The Balaban J connectivity index is 1.54. The lowest BCUT2D eigenvalue weighted by Gasteiger charge is -2.22. The van der Waals surface area contributed by atoms with Crippen LogP contribution in [0.3, 0.4) is 0 Å². The smallest absolute Gasteiger partial charge is 0.133 e. The molecule has 0 bridgehead atoms. The van der Waals surface area contributed by atoms with Crippen molar-refractivity contribution in [2.75, 3.05) is 0 Å². The quantitative estimate of drug-likeness (QED) is 0.699. The van der Waals surface area contributed by atoms with Gasteiger partial charge in [-0.2, -0.15) is 0 Å². The molecule has 0 heterocycles. The SMILES string of the molecule is O=C1CC(CC/C=C\OCc2ccccc2)C1. The molecule has 90 valence electrons. The molecule has 1 aliphatic carbocycles. The third kappa shape index (κ3) is 4.06. The van der Waals surface area contributed by atoms with Crippen LogP contribution in [0.5, 0.6) is 0 Å². The van der Waals surface area contributed by atoms with E-state index >= 15 is 0 Å². The largest absolute Gasteiger partial charge is 0.497 e. The number of hydrogen-bond acceptors (Lipinski definition) is 2. The van der Waals surface area contributed by atoms with Crippen molar-refractivity contribution >= 4 is 5.78 Å². The monoisotopic (exact) mass is 230 g/mol. The molecule has 0 atom stereocenters. The number of rotatable bonds is 6.